The maximum atomic E-state index is 13.8. The Morgan fingerprint density at radius 1 is 0.861 bits per heavy atom. The Hall–Kier alpha value is -4.11. The molecule has 0 N–H and O–H groups in total. The summed E-state index contributed by atoms with van der Waals surface area (Å²) < 4.78 is 72.0. The van der Waals surface area contributed by atoms with Crippen molar-refractivity contribution in [2.24, 2.45) is 0 Å². The van der Waals surface area contributed by atoms with Gasteiger partial charge in [0.1, 0.15) is 5.82 Å². The third kappa shape index (κ3) is 4.57. The van der Waals surface area contributed by atoms with Gasteiger partial charge in [-0.25, -0.2) is 13.4 Å². The number of halogens is 3. The molecule has 0 aliphatic heterocycles. The van der Waals surface area contributed by atoms with E-state index in [0.29, 0.717) is 22.5 Å². The lowest BCUT2D eigenvalue weighted by atomic mass is 10.0. The molecule has 0 saturated heterocycles. The number of furan rings is 1. The largest absolute Gasteiger partial charge is 0.472 e. The van der Waals surface area contributed by atoms with Gasteiger partial charge in [-0.05, 0) is 47.5 Å². The van der Waals surface area contributed by atoms with Crippen LogP contribution in [-0.2, 0) is 16.0 Å². The summed E-state index contributed by atoms with van der Waals surface area (Å²) >= 11 is 0. The van der Waals surface area contributed by atoms with Gasteiger partial charge in [-0.2, -0.15) is 13.2 Å². The summed E-state index contributed by atoms with van der Waals surface area (Å²) in [6.45, 7) is 0. The minimum atomic E-state index is -4.56. The fraction of sp³-hybridized carbons (Fsp3) is 0.0741. The van der Waals surface area contributed by atoms with Gasteiger partial charge in [0.25, 0.3) is 0 Å². The van der Waals surface area contributed by atoms with E-state index in [2.05, 4.69) is 4.98 Å². The van der Waals surface area contributed by atoms with Crippen LogP contribution in [0.2, 0.25) is 0 Å². The van der Waals surface area contributed by atoms with Gasteiger partial charge in [0.2, 0.25) is 0 Å². The van der Waals surface area contributed by atoms with Crippen molar-refractivity contribution in [1.29, 1.82) is 0 Å². The number of alkyl halides is 3. The molecule has 0 aliphatic rings. The van der Waals surface area contributed by atoms with Crippen molar-refractivity contribution in [1.82, 2.24) is 9.55 Å². The molecule has 182 valence electrons. The molecule has 5 aromatic rings. The Labute approximate surface area is 205 Å². The number of hydrogen-bond acceptors (Lipinski definition) is 4. The number of rotatable bonds is 5. The molecule has 0 amide bonds. The second-order valence-corrected chi connectivity index (χ2v) is 10.2. The number of aromatic nitrogens is 2. The summed E-state index contributed by atoms with van der Waals surface area (Å²) in [6.07, 6.45) is 1.19. The normalized spacial score (nSPS) is 12.1. The maximum absolute atomic E-state index is 13.8. The lowest BCUT2D eigenvalue weighted by molar-refractivity contribution is -0.137. The van der Waals surface area contributed by atoms with Crippen LogP contribution < -0.4 is 0 Å². The van der Waals surface area contributed by atoms with E-state index in [1.807, 2.05) is 0 Å². The molecular weight excluding hydrogens is 489 g/mol. The average molecular weight is 509 g/mol. The van der Waals surface area contributed by atoms with Gasteiger partial charge in [-0.3, -0.25) is 4.57 Å². The molecule has 0 unspecified atom stereocenters. The number of imidazole rings is 1. The molecule has 0 bridgehead atoms. The highest BCUT2D eigenvalue weighted by atomic mass is 32.2. The number of nitrogens with zero attached hydrogens (tertiary/aromatic N) is 2. The van der Waals surface area contributed by atoms with E-state index in [9.17, 15) is 21.6 Å². The Balaban J connectivity index is 1.63. The first kappa shape index (κ1) is 23.6. The van der Waals surface area contributed by atoms with Gasteiger partial charge < -0.3 is 4.42 Å². The summed E-state index contributed by atoms with van der Waals surface area (Å²) in [5.74, 6) is 0.131. The number of benzene rings is 3. The van der Waals surface area contributed by atoms with Crippen molar-refractivity contribution >= 4 is 9.84 Å². The number of sulfone groups is 1. The molecule has 5 nitrogen and oxygen atoms in total. The Morgan fingerprint density at radius 2 is 1.61 bits per heavy atom. The molecule has 0 spiro atoms. The van der Waals surface area contributed by atoms with E-state index in [4.69, 9.17) is 4.42 Å². The predicted octanol–water partition coefficient (Wildman–Crippen LogP) is 6.89. The standard InChI is InChI=1S/C27H19F3N2O3S/c1-36(33,34)22-6-4-5-19(15-22)18-9-11-21(12-10-18)32-16-25(20-13-14-35-17-20)31-26(32)23-7-2-3-8-24(23)27(28,29)30/h2-17H,1H3. The molecular formula is C27H19F3N2O3S. The van der Waals surface area contributed by atoms with E-state index >= 15 is 0 Å². The molecule has 5 rings (SSSR count). The zero-order chi connectivity index (χ0) is 25.5. The van der Waals surface area contributed by atoms with Gasteiger partial charge >= 0.3 is 6.18 Å². The zero-order valence-electron chi connectivity index (χ0n) is 18.9. The van der Waals surface area contributed by atoms with Crippen molar-refractivity contribution in [2.45, 2.75) is 11.1 Å². The van der Waals surface area contributed by atoms with Crippen LogP contribution in [0.15, 0.2) is 107 Å². The topological polar surface area (TPSA) is 65.1 Å². The highest BCUT2D eigenvalue weighted by molar-refractivity contribution is 7.90. The highest BCUT2D eigenvalue weighted by Gasteiger charge is 2.34. The monoisotopic (exact) mass is 508 g/mol. The summed E-state index contributed by atoms with van der Waals surface area (Å²) in [4.78, 5) is 4.73. The van der Waals surface area contributed by atoms with Gasteiger partial charge in [-0.1, -0.05) is 42.5 Å². The molecule has 0 radical (unpaired) electrons. The first-order chi connectivity index (χ1) is 17.1. The minimum Gasteiger partial charge on any atom is -0.472 e. The Morgan fingerprint density at radius 3 is 2.28 bits per heavy atom. The van der Waals surface area contributed by atoms with E-state index in [-0.39, 0.29) is 16.3 Å². The summed E-state index contributed by atoms with van der Waals surface area (Å²) in [7, 11) is -3.37. The lowest BCUT2D eigenvalue weighted by Gasteiger charge is -2.14. The SMILES string of the molecule is CS(=O)(=O)c1cccc(-c2ccc(-n3cc(-c4ccoc4)nc3-c3ccccc3C(F)(F)F)cc2)c1. The van der Waals surface area contributed by atoms with Gasteiger partial charge in [0.05, 0.1) is 28.7 Å². The fourth-order valence-electron chi connectivity index (χ4n) is 3.96. The van der Waals surface area contributed by atoms with Crippen molar-refractivity contribution in [3.8, 4) is 39.5 Å². The van der Waals surface area contributed by atoms with Crippen LogP contribution in [0.5, 0.6) is 0 Å². The molecule has 0 aliphatic carbocycles. The summed E-state index contributed by atoms with van der Waals surface area (Å²) in [5, 5.41) is 0. The first-order valence-electron chi connectivity index (χ1n) is 10.8. The molecule has 0 atom stereocenters. The van der Waals surface area contributed by atoms with E-state index in [1.54, 1.807) is 65.4 Å². The third-order valence-electron chi connectivity index (χ3n) is 5.74. The van der Waals surface area contributed by atoms with Crippen LogP contribution in [-0.4, -0.2) is 24.2 Å². The van der Waals surface area contributed by atoms with Crippen LogP contribution in [0.3, 0.4) is 0 Å². The van der Waals surface area contributed by atoms with E-state index in [1.165, 1.54) is 30.7 Å². The van der Waals surface area contributed by atoms with Crippen molar-refractivity contribution in [2.75, 3.05) is 6.26 Å². The zero-order valence-corrected chi connectivity index (χ0v) is 19.7. The quantitative estimate of drug-likeness (QED) is 0.259. The molecule has 2 heterocycles. The van der Waals surface area contributed by atoms with E-state index in [0.717, 1.165) is 17.9 Å². The molecule has 9 heteroatoms. The molecule has 0 fully saturated rings. The van der Waals surface area contributed by atoms with Gasteiger partial charge in [0, 0.05) is 29.3 Å². The van der Waals surface area contributed by atoms with Crippen LogP contribution in [0.1, 0.15) is 5.56 Å². The lowest BCUT2D eigenvalue weighted by Crippen LogP contribution is -2.08. The predicted molar refractivity (Wildman–Crippen MR) is 130 cm³/mol. The Bertz CT molecular complexity index is 1640. The first-order valence-corrected chi connectivity index (χ1v) is 12.7. The van der Waals surface area contributed by atoms with Crippen LogP contribution in [0, 0.1) is 0 Å². The van der Waals surface area contributed by atoms with Crippen LogP contribution >= 0.6 is 0 Å². The van der Waals surface area contributed by atoms with E-state index < -0.39 is 21.6 Å². The minimum absolute atomic E-state index is 0.0512. The van der Waals surface area contributed by atoms with Gasteiger partial charge in [0.15, 0.2) is 9.84 Å². The maximum Gasteiger partial charge on any atom is 0.417 e. The molecule has 3 aromatic carbocycles. The number of hydrogen-bond donors (Lipinski definition) is 0. The van der Waals surface area contributed by atoms with Crippen molar-refractivity contribution < 1.29 is 26.0 Å². The Kier molecular flexibility index (Phi) is 5.80. The summed E-state index contributed by atoms with van der Waals surface area (Å²) in [5.41, 5.74) is 2.31. The average Bonchev–Trinajstić information content (AvgIpc) is 3.54. The fourth-order valence-corrected chi connectivity index (χ4v) is 4.63. The van der Waals surface area contributed by atoms with Crippen LogP contribution in [0.25, 0.3) is 39.5 Å². The third-order valence-corrected chi connectivity index (χ3v) is 6.85. The van der Waals surface area contributed by atoms with Gasteiger partial charge in [-0.15, -0.1) is 0 Å². The van der Waals surface area contributed by atoms with Crippen LogP contribution in [0.4, 0.5) is 13.2 Å². The molecule has 36 heavy (non-hydrogen) atoms. The van der Waals surface area contributed by atoms with Crippen molar-refractivity contribution in [3.05, 3.63) is 103 Å². The smallest absolute Gasteiger partial charge is 0.417 e. The summed E-state index contributed by atoms with van der Waals surface area (Å²) in [6, 6.07) is 20.6. The van der Waals surface area contributed by atoms with Crippen molar-refractivity contribution in [3.63, 3.8) is 0 Å². The molecule has 0 saturated carbocycles. The second kappa shape index (κ2) is 8.83. The highest BCUT2D eigenvalue weighted by Crippen LogP contribution is 2.38. The second-order valence-electron chi connectivity index (χ2n) is 8.22. The molecule has 2 aromatic heterocycles.